The Kier molecular flexibility index (Phi) is 6.83. The molecule has 0 bridgehead atoms. The molecule has 0 spiro atoms. The number of para-hydroxylation sites is 1. The fraction of sp³-hybridized carbons (Fsp3) is 0.423. The second-order valence-electron chi connectivity index (χ2n) is 9.41. The minimum Gasteiger partial charge on any atom is -0.507 e. The number of nitrogens with one attached hydrogen (secondary N) is 1. The highest BCUT2D eigenvalue weighted by Gasteiger charge is 2.41. The molecule has 1 aliphatic heterocycles. The Morgan fingerprint density at radius 2 is 1.77 bits per heavy atom. The third-order valence-electron chi connectivity index (χ3n) is 6.15. The van der Waals surface area contributed by atoms with Gasteiger partial charge in [0.15, 0.2) is 5.58 Å². The molecule has 2 unspecified atom stereocenters. The molecule has 1 fully saturated rings. The van der Waals surface area contributed by atoms with Crippen LogP contribution in [0.2, 0.25) is 0 Å². The van der Waals surface area contributed by atoms with Crippen LogP contribution in [0.15, 0.2) is 45.6 Å². The summed E-state index contributed by atoms with van der Waals surface area (Å²) in [6.07, 6.45) is -5.10. The molecule has 2 atom stereocenters. The number of ether oxygens (including phenoxy) is 2. The summed E-state index contributed by atoms with van der Waals surface area (Å²) in [6.45, 7) is 8.96. The average Bonchev–Trinajstić information content (AvgIpc) is 2.76. The summed E-state index contributed by atoms with van der Waals surface area (Å²) < 4.78 is 59.0. The lowest BCUT2D eigenvalue weighted by Gasteiger charge is -2.32. The number of phenols is 1. The minimum absolute atomic E-state index is 0.0436. The number of quaternary nitrogens is 1. The SMILES string of the molecule is CC1C[NH+](Cc2c(O)ccc3c(=O)c(Oc4ccccc4C(C)C)c(C(F)(F)F)oc23)CC(C)O1. The van der Waals surface area contributed by atoms with E-state index in [4.69, 9.17) is 13.9 Å². The first-order valence-corrected chi connectivity index (χ1v) is 11.6. The first kappa shape index (κ1) is 25.1. The minimum atomic E-state index is -4.99. The molecule has 6 nitrogen and oxygen atoms in total. The van der Waals surface area contributed by atoms with Crippen molar-refractivity contribution in [1.82, 2.24) is 0 Å². The topological polar surface area (TPSA) is 73.3 Å². The van der Waals surface area contributed by atoms with Gasteiger partial charge in [0.2, 0.25) is 11.2 Å². The summed E-state index contributed by atoms with van der Waals surface area (Å²) >= 11 is 0. The second-order valence-corrected chi connectivity index (χ2v) is 9.41. The van der Waals surface area contributed by atoms with Crippen molar-refractivity contribution in [3.8, 4) is 17.2 Å². The van der Waals surface area contributed by atoms with Crippen LogP contribution in [-0.2, 0) is 17.5 Å². The summed E-state index contributed by atoms with van der Waals surface area (Å²) in [6, 6.07) is 9.20. The maximum absolute atomic E-state index is 14.1. The van der Waals surface area contributed by atoms with Gasteiger partial charge in [-0.2, -0.15) is 13.2 Å². The Hall–Kier alpha value is -3.04. The van der Waals surface area contributed by atoms with Crippen molar-refractivity contribution in [1.29, 1.82) is 0 Å². The zero-order valence-electron chi connectivity index (χ0n) is 20.0. The van der Waals surface area contributed by atoms with E-state index in [2.05, 4.69) is 0 Å². The molecule has 3 aromatic rings. The predicted molar refractivity (Wildman–Crippen MR) is 124 cm³/mol. The Morgan fingerprint density at radius 3 is 2.40 bits per heavy atom. The molecule has 4 rings (SSSR count). The van der Waals surface area contributed by atoms with Crippen molar-refractivity contribution in [2.45, 2.75) is 58.5 Å². The van der Waals surface area contributed by atoms with E-state index in [0.29, 0.717) is 18.7 Å². The van der Waals surface area contributed by atoms with Crippen molar-refractivity contribution in [2.75, 3.05) is 13.1 Å². The molecule has 2 heterocycles. The Labute approximate surface area is 200 Å². The lowest BCUT2D eigenvalue weighted by Crippen LogP contribution is -3.14. The van der Waals surface area contributed by atoms with Crippen LogP contribution >= 0.6 is 0 Å². The third kappa shape index (κ3) is 5.16. The van der Waals surface area contributed by atoms with E-state index in [0.717, 1.165) is 4.90 Å². The highest BCUT2D eigenvalue weighted by molar-refractivity contribution is 5.83. The highest BCUT2D eigenvalue weighted by Crippen LogP contribution is 2.40. The summed E-state index contributed by atoms with van der Waals surface area (Å²) in [4.78, 5) is 14.3. The molecule has 1 aromatic heterocycles. The van der Waals surface area contributed by atoms with E-state index >= 15 is 0 Å². The van der Waals surface area contributed by atoms with E-state index in [1.165, 1.54) is 18.2 Å². The van der Waals surface area contributed by atoms with Crippen LogP contribution in [0.5, 0.6) is 17.2 Å². The largest absolute Gasteiger partial charge is 0.507 e. The summed E-state index contributed by atoms with van der Waals surface area (Å²) in [5.74, 6) is -2.57. The standard InChI is InChI=1S/C26H28F3NO5/c1-14(2)17-7-5-6-8-21(17)34-24-22(32)18-9-10-20(31)19(23(18)35-25(24)26(27,28)29)13-30-11-15(3)33-16(4)12-30/h5-10,14-16,31H,11-13H2,1-4H3/p+1. The smallest absolute Gasteiger partial charge is 0.453 e. The molecule has 2 aromatic carbocycles. The van der Waals surface area contributed by atoms with Gasteiger partial charge in [0.1, 0.15) is 43.3 Å². The number of hydrogen-bond donors (Lipinski definition) is 2. The van der Waals surface area contributed by atoms with Crippen molar-refractivity contribution < 1.29 is 37.1 Å². The Balaban J connectivity index is 1.87. The summed E-state index contributed by atoms with van der Waals surface area (Å²) in [5.41, 5.74) is -0.426. The zero-order valence-corrected chi connectivity index (χ0v) is 20.0. The number of fused-ring (bicyclic) bond motifs is 1. The highest BCUT2D eigenvalue weighted by atomic mass is 19.4. The van der Waals surface area contributed by atoms with Gasteiger partial charge in [-0.25, -0.2) is 0 Å². The van der Waals surface area contributed by atoms with E-state index in [-0.39, 0.29) is 52.7 Å². The Morgan fingerprint density at radius 1 is 1.11 bits per heavy atom. The monoisotopic (exact) mass is 492 g/mol. The number of benzene rings is 2. The van der Waals surface area contributed by atoms with Gasteiger partial charge in [-0.15, -0.1) is 0 Å². The van der Waals surface area contributed by atoms with Gasteiger partial charge in [0.25, 0.3) is 5.76 Å². The molecule has 0 radical (unpaired) electrons. The van der Waals surface area contributed by atoms with Gasteiger partial charge in [0, 0.05) is 0 Å². The van der Waals surface area contributed by atoms with E-state index < -0.39 is 23.1 Å². The summed E-state index contributed by atoms with van der Waals surface area (Å²) in [5, 5.41) is 10.5. The van der Waals surface area contributed by atoms with Crippen molar-refractivity contribution in [2.24, 2.45) is 0 Å². The van der Waals surface area contributed by atoms with Crippen molar-refractivity contribution >= 4 is 11.0 Å². The normalized spacial score (nSPS) is 21.0. The van der Waals surface area contributed by atoms with E-state index in [9.17, 15) is 23.1 Å². The first-order valence-electron chi connectivity index (χ1n) is 11.6. The molecular formula is C26H29F3NO5+. The number of aromatic hydroxyl groups is 1. The van der Waals surface area contributed by atoms with Gasteiger partial charge < -0.3 is 23.9 Å². The molecule has 0 amide bonds. The van der Waals surface area contributed by atoms with Crippen LogP contribution in [-0.4, -0.2) is 30.4 Å². The van der Waals surface area contributed by atoms with Crippen LogP contribution in [0.1, 0.15) is 50.5 Å². The zero-order chi connectivity index (χ0) is 25.5. The van der Waals surface area contributed by atoms with Crippen LogP contribution in [0, 0.1) is 0 Å². The lowest BCUT2D eigenvalue weighted by molar-refractivity contribution is -0.928. The number of halogens is 3. The number of hydrogen-bond acceptors (Lipinski definition) is 5. The van der Waals surface area contributed by atoms with Gasteiger partial charge >= 0.3 is 6.18 Å². The van der Waals surface area contributed by atoms with Gasteiger partial charge in [-0.05, 0) is 43.5 Å². The van der Waals surface area contributed by atoms with Crippen LogP contribution < -0.4 is 15.1 Å². The third-order valence-corrected chi connectivity index (χ3v) is 6.15. The van der Waals surface area contributed by atoms with Gasteiger partial charge in [-0.3, -0.25) is 4.79 Å². The van der Waals surface area contributed by atoms with Crippen LogP contribution in [0.4, 0.5) is 13.2 Å². The molecule has 188 valence electrons. The second kappa shape index (κ2) is 9.54. The molecular weight excluding hydrogens is 463 g/mol. The molecule has 2 N–H and O–H groups in total. The number of alkyl halides is 3. The quantitative estimate of drug-likeness (QED) is 0.544. The van der Waals surface area contributed by atoms with E-state index in [1.807, 2.05) is 27.7 Å². The molecule has 0 saturated carbocycles. The molecule has 1 saturated heterocycles. The van der Waals surface area contributed by atoms with Crippen LogP contribution in [0.3, 0.4) is 0 Å². The Bertz CT molecular complexity index is 1270. The van der Waals surface area contributed by atoms with Gasteiger partial charge in [-0.1, -0.05) is 32.0 Å². The summed E-state index contributed by atoms with van der Waals surface area (Å²) in [7, 11) is 0. The molecule has 1 aliphatic rings. The fourth-order valence-electron chi connectivity index (χ4n) is 4.68. The predicted octanol–water partition coefficient (Wildman–Crippen LogP) is 4.63. The fourth-order valence-corrected chi connectivity index (χ4v) is 4.68. The molecule has 0 aliphatic carbocycles. The molecule has 9 heteroatoms. The van der Waals surface area contributed by atoms with Gasteiger partial charge in [0.05, 0.1) is 10.9 Å². The number of morpholine rings is 1. The maximum atomic E-state index is 14.1. The van der Waals surface area contributed by atoms with Crippen LogP contribution in [0.25, 0.3) is 11.0 Å². The number of phenolic OH excluding ortho intramolecular Hbond substituents is 1. The number of rotatable bonds is 5. The lowest BCUT2D eigenvalue weighted by atomic mass is 10.0. The maximum Gasteiger partial charge on any atom is 0.453 e. The molecule has 35 heavy (non-hydrogen) atoms. The van der Waals surface area contributed by atoms with Crippen molar-refractivity contribution in [3.63, 3.8) is 0 Å². The van der Waals surface area contributed by atoms with E-state index in [1.54, 1.807) is 18.2 Å². The average molecular weight is 493 g/mol. The van der Waals surface area contributed by atoms with Crippen molar-refractivity contribution in [3.05, 3.63) is 63.5 Å². The first-order chi connectivity index (χ1) is 16.5.